The minimum absolute atomic E-state index is 0.875. The first-order valence-electron chi connectivity index (χ1n) is 1.52. The molecule has 0 heterocycles. The first-order valence-corrected chi connectivity index (χ1v) is 1.52. The van der Waals surface area contributed by atoms with Gasteiger partial charge in [-0.3, -0.25) is 4.79 Å². The molecule has 0 N–H and O–H groups in total. The zero-order chi connectivity index (χ0) is 5.86. The number of esters is 1. The van der Waals surface area contributed by atoms with Crippen molar-refractivity contribution in [3.05, 3.63) is 0 Å². The van der Waals surface area contributed by atoms with Gasteiger partial charge in [-0.2, -0.15) is 0 Å². The van der Waals surface area contributed by atoms with E-state index < -0.39 is 12.1 Å². The summed E-state index contributed by atoms with van der Waals surface area (Å²) in [7, 11) is 0. The van der Waals surface area contributed by atoms with E-state index in [0.29, 0.717) is 0 Å². The maximum atomic E-state index is 9.61. The van der Waals surface area contributed by atoms with Crippen LogP contribution in [0.5, 0.6) is 0 Å². The summed E-state index contributed by atoms with van der Waals surface area (Å²) >= 11 is 0. The Morgan fingerprint density at radius 1 is 1.57 bits per heavy atom. The third kappa shape index (κ3) is 4.94. The summed E-state index contributed by atoms with van der Waals surface area (Å²) in [4.78, 5) is 18.9. The summed E-state index contributed by atoms with van der Waals surface area (Å²) in [6.07, 6.45) is -1.81. The summed E-state index contributed by atoms with van der Waals surface area (Å²) in [6.45, 7) is 0.982. The maximum Gasteiger partial charge on any atom is 0.259 e. The van der Waals surface area contributed by atoms with Crippen LogP contribution in [0.25, 0.3) is 0 Å². The molecule has 0 bridgehead atoms. The molecule has 0 fully saturated rings. The normalized spacial score (nSPS) is 7.57. The Balaban J connectivity index is 3.32. The zero-order valence-corrected chi connectivity index (χ0v) is 3.63. The number of hydrogen-bond donors (Lipinski definition) is 0. The van der Waals surface area contributed by atoms with Gasteiger partial charge in [0, 0.05) is 6.92 Å². The number of rotatable bonds is 0. The maximum absolute atomic E-state index is 9.61. The molecule has 0 aliphatic rings. The summed E-state index contributed by atoms with van der Waals surface area (Å²) in [5.41, 5.74) is 0. The molecule has 0 radical (unpaired) electrons. The summed E-state index contributed by atoms with van der Waals surface area (Å²) in [5, 5.41) is 9.26. The summed E-state index contributed by atoms with van der Waals surface area (Å²) < 4.78 is 3.42. The highest BCUT2D eigenvalue weighted by Crippen LogP contribution is 1.70. The average Bonchev–Trinajstić information content (AvgIpc) is 1.27. The van der Waals surface area contributed by atoms with E-state index >= 15 is 0 Å². The van der Waals surface area contributed by atoms with Crippen LogP contribution in [-0.2, 0) is 9.53 Å². The molecule has 4 nitrogen and oxygen atoms in total. The second kappa shape index (κ2) is 2.17. The van der Waals surface area contributed by atoms with Gasteiger partial charge >= 0.3 is 0 Å². The van der Waals surface area contributed by atoms with Gasteiger partial charge in [0.25, 0.3) is 6.16 Å². The van der Waals surface area contributed by atoms with Crippen molar-refractivity contribution in [3.8, 4) is 0 Å². The van der Waals surface area contributed by atoms with Gasteiger partial charge in [0.15, 0.2) is 0 Å². The molecule has 0 aliphatic carbocycles. The third-order valence-corrected chi connectivity index (χ3v) is 0.227. The van der Waals surface area contributed by atoms with Gasteiger partial charge < -0.3 is 14.6 Å². The molecule has 40 valence electrons. The monoisotopic (exact) mass is 103 g/mol. The van der Waals surface area contributed by atoms with E-state index in [-0.39, 0.29) is 0 Å². The lowest BCUT2D eigenvalue weighted by molar-refractivity contribution is -0.278. The molecule has 7 heavy (non-hydrogen) atoms. The molecule has 0 aliphatic heterocycles. The third-order valence-electron chi connectivity index (χ3n) is 0.227. The Morgan fingerprint density at radius 3 is 2.00 bits per heavy atom. The van der Waals surface area contributed by atoms with Gasteiger partial charge in [-0.1, -0.05) is 0 Å². The first-order chi connectivity index (χ1) is 3.13. The zero-order valence-electron chi connectivity index (χ0n) is 3.63. The van der Waals surface area contributed by atoms with Crippen LogP contribution in [0.3, 0.4) is 0 Å². The molecule has 0 aromatic rings. The molecule has 0 aromatic heterocycles. The highest BCUT2D eigenvalue weighted by atomic mass is 16.7. The molecule has 0 unspecified atom stereocenters. The van der Waals surface area contributed by atoms with Crippen LogP contribution in [0.15, 0.2) is 0 Å². The smallest absolute Gasteiger partial charge is 0.259 e. The number of carbonyl (C=O) groups excluding carboxylic acids is 2. The van der Waals surface area contributed by atoms with Crippen LogP contribution >= 0.6 is 0 Å². The van der Waals surface area contributed by atoms with E-state index in [1.807, 2.05) is 0 Å². The number of ether oxygens (including phenoxy) is 1. The molecule has 0 spiro atoms. The molecule has 0 aromatic carbocycles. The number of carbonyl (C=O) groups is 2. The van der Waals surface area contributed by atoms with Crippen molar-refractivity contribution in [2.24, 2.45) is 0 Å². The highest BCUT2D eigenvalue weighted by Gasteiger charge is 1.84. The van der Waals surface area contributed by atoms with Crippen molar-refractivity contribution in [1.82, 2.24) is 0 Å². The average molecular weight is 103 g/mol. The Kier molecular flexibility index (Phi) is 1.84. The van der Waals surface area contributed by atoms with Crippen molar-refractivity contribution < 1.29 is 19.4 Å². The highest BCUT2D eigenvalue weighted by molar-refractivity contribution is 5.77. The molecular formula is C3H3O4-. The fraction of sp³-hybridized carbons (Fsp3) is 0.333. The van der Waals surface area contributed by atoms with Crippen molar-refractivity contribution in [3.63, 3.8) is 0 Å². The molecule has 0 atom stereocenters. The molecule has 0 saturated carbocycles. The first kappa shape index (κ1) is 5.94. The lowest BCUT2D eigenvalue weighted by Gasteiger charge is -1.98. The van der Waals surface area contributed by atoms with Gasteiger partial charge in [-0.15, -0.1) is 0 Å². The molecule has 0 saturated heterocycles. The number of hydrogen-bond acceptors (Lipinski definition) is 4. The molecule has 0 amide bonds. The summed E-state index contributed by atoms with van der Waals surface area (Å²) in [6, 6.07) is 0. The van der Waals surface area contributed by atoms with Crippen molar-refractivity contribution in [2.75, 3.05) is 0 Å². The number of carboxylic acid groups (broad SMARTS) is 1. The molecule has 4 heteroatoms. The Labute approximate surface area is 39.7 Å². The molecular weight excluding hydrogens is 100 g/mol. The fourth-order valence-electron chi connectivity index (χ4n) is 0.117. The van der Waals surface area contributed by atoms with E-state index in [9.17, 15) is 14.7 Å². The predicted octanol–water partition coefficient (Wildman–Crippen LogP) is -1.11. The topological polar surface area (TPSA) is 66.4 Å². The van der Waals surface area contributed by atoms with E-state index in [2.05, 4.69) is 4.74 Å². The van der Waals surface area contributed by atoms with Gasteiger partial charge in [-0.05, 0) is 0 Å². The van der Waals surface area contributed by atoms with Gasteiger partial charge in [0.05, 0.1) is 0 Å². The lowest BCUT2D eigenvalue weighted by atomic mass is 10.8. The van der Waals surface area contributed by atoms with E-state index in [1.165, 1.54) is 0 Å². The summed E-state index contributed by atoms with van der Waals surface area (Å²) in [5.74, 6) is -0.875. The van der Waals surface area contributed by atoms with Crippen LogP contribution in [0, 0.1) is 0 Å². The second-order valence-corrected chi connectivity index (χ2v) is 0.844. The second-order valence-electron chi connectivity index (χ2n) is 0.844. The Morgan fingerprint density at radius 2 is 2.00 bits per heavy atom. The van der Waals surface area contributed by atoms with Crippen molar-refractivity contribution in [2.45, 2.75) is 6.92 Å². The van der Waals surface area contributed by atoms with Crippen LogP contribution in [0.2, 0.25) is 0 Å². The van der Waals surface area contributed by atoms with Gasteiger partial charge in [-0.25, -0.2) is 0 Å². The van der Waals surface area contributed by atoms with Crippen LogP contribution < -0.4 is 5.11 Å². The quantitative estimate of drug-likeness (QED) is 0.288. The van der Waals surface area contributed by atoms with E-state index in [1.54, 1.807) is 0 Å². The molecule has 0 rings (SSSR count). The lowest BCUT2D eigenvalue weighted by Crippen LogP contribution is -2.25. The van der Waals surface area contributed by atoms with E-state index in [0.717, 1.165) is 6.92 Å². The van der Waals surface area contributed by atoms with Crippen LogP contribution in [-0.4, -0.2) is 12.1 Å². The minimum atomic E-state index is -1.81. The Bertz CT molecular complexity index is 83.1. The van der Waals surface area contributed by atoms with Crippen molar-refractivity contribution in [1.29, 1.82) is 0 Å². The van der Waals surface area contributed by atoms with Crippen molar-refractivity contribution >= 4 is 12.1 Å². The SMILES string of the molecule is CC(=O)OC(=O)[O-]. The Hall–Kier alpha value is -1.06. The fourth-order valence-corrected chi connectivity index (χ4v) is 0.117. The van der Waals surface area contributed by atoms with Gasteiger partial charge in [0.2, 0.25) is 5.97 Å². The van der Waals surface area contributed by atoms with Gasteiger partial charge in [0.1, 0.15) is 0 Å². The van der Waals surface area contributed by atoms with Crippen LogP contribution in [0.4, 0.5) is 4.79 Å². The van der Waals surface area contributed by atoms with E-state index in [4.69, 9.17) is 0 Å². The van der Waals surface area contributed by atoms with Crippen LogP contribution in [0.1, 0.15) is 6.92 Å². The minimum Gasteiger partial charge on any atom is -0.484 e. The predicted molar refractivity (Wildman–Crippen MR) is 17.2 cm³/mol. The largest absolute Gasteiger partial charge is 0.484 e. The standard InChI is InChI=1S/C3H4O4/c1-2(4)7-3(5)6/h1H3,(H,5,6)/p-1.